The van der Waals surface area contributed by atoms with E-state index in [4.69, 9.17) is 18.4 Å². The third-order valence-corrected chi connectivity index (χ3v) is 6.48. The Morgan fingerprint density at radius 3 is 2.03 bits per heavy atom. The number of ether oxygens (including phenoxy) is 3. The summed E-state index contributed by atoms with van der Waals surface area (Å²) in [6, 6.07) is 23.1. The molecule has 0 aromatic heterocycles. The molecule has 0 amide bonds. The maximum atomic E-state index is 15.2. The van der Waals surface area contributed by atoms with Gasteiger partial charge in [0.2, 0.25) is 0 Å². The van der Waals surface area contributed by atoms with Crippen LogP contribution in [0.5, 0.6) is 23.0 Å². The number of anilines is 1. The predicted molar refractivity (Wildman–Crippen MR) is 151 cm³/mol. The first kappa shape index (κ1) is 27.8. The van der Waals surface area contributed by atoms with E-state index in [-0.39, 0.29) is 35.2 Å². The number of rotatable bonds is 10. The Morgan fingerprint density at radius 1 is 0.795 bits per heavy atom. The van der Waals surface area contributed by atoms with E-state index < -0.39 is 15.9 Å². The fraction of sp³-hybridized carbons (Fsp3) is 0.200. The summed E-state index contributed by atoms with van der Waals surface area (Å²) in [5.74, 6) is -0.240. The van der Waals surface area contributed by atoms with Crippen LogP contribution in [0.25, 0.3) is 22.3 Å². The molecule has 0 aliphatic heterocycles. The lowest BCUT2D eigenvalue weighted by atomic mass is 9.96. The Morgan fingerprint density at radius 2 is 1.46 bits per heavy atom. The first-order valence-corrected chi connectivity index (χ1v) is 13.9. The van der Waals surface area contributed by atoms with Gasteiger partial charge in [0.25, 0.3) is 0 Å². The van der Waals surface area contributed by atoms with E-state index in [0.29, 0.717) is 11.1 Å². The van der Waals surface area contributed by atoms with Crippen LogP contribution in [0, 0.1) is 5.82 Å². The van der Waals surface area contributed by atoms with Gasteiger partial charge in [-0.05, 0) is 47.0 Å². The lowest BCUT2D eigenvalue weighted by molar-refractivity contribution is 0.290. The van der Waals surface area contributed by atoms with Crippen molar-refractivity contribution in [3.63, 3.8) is 0 Å². The van der Waals surface area contributed by atoms with E-state index in [9.17, 15) is 8.42 Å². The molecule has 0 aliphatic rings. The highest BCUT2D eigenvalue weighted by atomic mass is 32.2. The molecule has 9 heteroatoms. The smallest absolute Gasteiger partial charge is 0.306 e. The monoisotopic (exact) mass is 551 g/mol. The highest BCUT2D eigenvalue weighted by molar-refractivity contribution is 7.86. The van der Waals surface area contributed by atoms with Crippen molar-refractivity contribution in [1.29, 1.82) is 0 Å². The van der Waals surface area contributed by atoms with Crippen LogP contribution in [0.3, 0.4) is 0 Å². The van der Waals surface area contributed by atoms with Crippen molar-refractivity contribution in [3.8, 4) is 45.3 Å². The molecule has 0 unspecified atom stereocenters. The van der Waals surface area contributed by atoms with Crippen molar-refractivity contribution < 1.29 is 31.2 Å². The summed E-state index contributed by atoms with van der Waals surface area (Å²) in [7, 11) is 2.73. The number of hydrogen-bond acceptors (Lipinski definition) is 7. The lowest BCUT2D eigenvalue weighted by Gasteiger charge is -2.21. The molecule has 0 spiro atoms. The van der Waals surface area contributed by atoms with E-state index in [1.807, 2.05) is 73.6 Å². The van der Waals surface area contributed by atoms with Gasteiger partial charge >= 0.3 is 10.1 Å². The fourth-order valence-corrected chi connectivity index (χ4v) is 4.61. The standard InChI is InChI=1S/C30H30FNO6S/c1-32(2)23-14-11-21(12-15-23)24-18-27(35-3)28(30(29(24)36-4)38-39(5,33)34)22-13-16-26(25(31)17-22)37-19-20-9-7-6-8-10-20/h6-18H,19H2,1-5H3. The predicted octanol–water partition coefficient (Wildman–Crippen LogP) is 6.16. The Hall–Kier alpha value is -4.24. The van der Waals surface area contributed by atoms with Gasteiger partial charge in [0.1, 0.15) is 12.4 Å². The third kappa shape index (κ3) is 6.43. The number of benzene rings is 4. The summed E-state index contributed by atoms with van der Waals surface area (Å²) < 4.78 is 62.4. The second-order valence-electron chi connectivity index (χ2n) is 9.01. The van der Waals surface area contributed by atoms with Crippen LogP contribution < -0.4 is 23.3 Å². The fourth-order valence-electron chi connectivity index (χ4n) is 4.15. The lowest BCUT2D eigenvalue weighted by Crippen LogP contribution is -2.10. The summed E-state index contributed by atoms with van der Waals surface area (Å²) >= 11 is 0. The molecule has 204 valence electrons. The largest absolute Gasteiger partial charge is 0.496 e. The van der Waals surface area contributed by atoms with Crippen LogP contribution in [-0.2, 0) is 16.7 Å². The minimum atomic E-state index is -4.00. The van der Waals surface area contributed by atoms with Crippen LogP contribution in [0.2, 0.25) is 0 Å². The summed E-state index contributed by atoms with van der Waals surface area (Å²) in [4.78, 5) is 1.96. The van der Waals surface area contributed by atoms with Crippen molar-refractivity contribution in [3.05, 3.63) is 90.2 Å². The van der Waals surface area contributed by atoms with Crippen molar-refractivity contribution >= 4 is 15.8 Å². The Labute approximate surface area is 228 Å². The molecular formula is C30H30FNO6S. The number of nitrogens with zero attached hydrogens (tertiary/aromatic N) is 1. The molecule has 0 aliphatic carbocycles. The summed E-state index contributed by atoms with van der Waals surface area (Å²) in [6.45, 7) is 0.192. The second-order valence-corrected chi connectivity index (χ2v) is 10.6. The quantitative estimate of drug-likeness (QED) is 0.219. The van der Waals surface area contributed by atoms with Crippen molar-refractivity contribution in [2.24, 2.45) is 0 Å². The third-order valence-electron chi connectivity index (χ3n) is 6.01. The molecule has 39 heavy (non-hydrogen) atoms. The maximum Gasteiger partial charge on any atom is 0.306 e. The minimum Gasteiger partial charge on any atom is -0.496 e. The first-order valence-electron chi connectivity index (χ1n) is 12.0. The first-order chi connectivity index (χ1) is 18.6. The van der Waals surface area contributed by atoms with Gasteiger partial charge in [-0.2, -0.15) is 8.42 Å². The van der Waals surface area contributed by atoms with Crippen molar-refractivity contribution in [2.45, 2.75) is 6.61 Å². The van der Waals surface area contributed by atoms with Gasteiger partial charge in [-0.25, -0.2) is 4.39 Å². The van der Waals surface area contributed by atoms with E-state index in [1.54, 1.807) is 12.1 Å². The molecule has 7 nitrogen and oxygen atoms in total. The van der Waals surface area contributed by atoms with Gasteiger partial charge in [-0.1, -0.05) is 48.5 Å². The second kappa shape index (κ2) is 11.7. The van der Waals surface area contributed by atoms with E-state index in [1.165, 1.54) is 26.4 Å². The molecular weight excluding hydrogens is 521 g/mol. The minimum absolute atomic E-state index is 0.0525. The van der Waals surface area contributed by atoms with E-state index >= 15 is 4.39 Å². The van der Waals surface area contributed by atoms with Crippen molar-refractivity contribution in [1.82, 2.24) is 0 Å². The summed E-state index contributed by atoms with van der Waals surface area (Å²) in [6.07, 6.45) is 0.933. The molecule has 4 aromatic carbocycles. The number of methoxy groups -OCH3 is 2. The molecule has 0 bridgehead atoms. The van der Waals surface area contributed by atoms with Crippen LogP contribution >= 0.6 is 0 Å². The van der Waals surface area contributed by atoms with Crippen LogP contribution in [0.15, 0.2) is 78.9 Å². The van der Waals surface area contributed by atoms with Gasteiger partial charge in [-0.15, -0.1) is 0 Å². The Bertz CT molecular complexity index is 1560. The molecule has 0 atom stereocenters. The molecule has 0 saturated heterocycles. The molecule has 0 heterocycles. The van der Waals surface area contributed by atoms with Crippen LogP contribution in [0.4, 0.5) is 10.1 Å². The SMILES string of the molecule is COc1cc(-c2ccc(N(C)C)cc2)c(OC)c(OS(C)(=O)=O)c1-c1ccc(OCc2ccccc2)c(F)c1. The molecule has 0 saturated carbocycles. The zero-order valence-electron chi connectivity index (χ0n) is 22.4. The summed E-state index contributed by atoms with van der Waals surface area (Å²) in [5.41, 5.74) is 3.72. The van der Waals surface area contributed by atoms with E-state index in [0.717, 1.165) is 23.1 Å². The summed E-state index contributed by atoms with van der Waals surface area (Å²) in [5, 5.41) is 0. The van der Waals surface area contributed by atoms with Crippen molar-refractivity contribution in [2.75, 3.05) is 39.5 Å². The van der Waals surface area contributed by atoms with Crippen LogP contribution in [-0.4, -0.2) is 43.0 Å². The van der Waals surface area contributed by atoms with Gasteiger partial charge in [0.05, 0.1) is 26.0 Å². The zero-order chi connectivity index (χ0) is 28.2. The zero-order valence-corrected chi connectivity index (χ0v) is 23.2. The average Bonchev–Trinajstić information content (AvgIpc) is 2.91. The highest BCUT2D eigenvalue weighted by Crippen LogP contribution is 2.51. The van der Waals surface area contributed by atoms with Gasteiger partial charge in [-0.3, -0.25) is 0 Å². The molecule has 0 N–H and O–H groups in total. The average molecular weight is 552 g/mol. The number of hydrogen-bond donors (Lipinski definition) is 0. The normalized spacial score (nSPS) is 11.1. The topological polar surface area (TPSA) is 74.3 Å². The Kier molecular flexibility index (Phi) is 8.30. The molecule has 4 rings (SSSR count). The maximum absolute atomic E-state index is 15.2. The van der Waals surface area contributed by atoms with Gasteiger partial charge < -0.3 is 23.3 Å². The van der Waals surface area contributed by atoms with E-state index in [2.05, 4.69) is 0 Å². The molecule has 4 aromatic rings. The van der Waals surface area contributed by atoms with Crippen LogP contribution in [0.1, 0.15) is 5.56 Å². The van der Waals surface area contributed by atoms with Gasteiger partial charge in [0, 0.05) is 25.3 Å². The highest BCUT2D eigenvalue weighted by Gasteiger charge is 2.27. The number of halogens is 1. The van der Waals surface area contributed by atoms with Gasteiger partial charge in [0.15, 0.2) is 23.1 Å². The molecule has 0 fully saturated rings. The Balaban J connectivity index is 1.84. The molecule has 0 radical (unpaired) electrons.